The van der Waals surface area contributed by atoms with E-state index in [1.165, 1.54) is 12.8 Å². The molecule has 2 aromatic heterocycles. The fourth-order valence-corrected chi connectivity index (χ4v) is 4.29. The number of fused-ring (bicyclic) bond motifs is 1. The average molecular weight is 365 g/mol. The van der Waals surface area contributed by atoms with Crippen LogP contribution in [0.25, 0.3) is 11.6 Å². The molecule has 6 heteroatoms. The summed E-state index contributed by atoms with van der Waals surface area (Å²) in [6.07, 6.45) is 9.02. The van der Waals surface area contributed by atoms with Crippen molar-refractivity contribution < 1.29 is 5.11 Å². The van der Waals surface area contributed by atoms with Crippen molar-refractivity contribution in [2.45, 2.75) is 46.1 Å². The van der Waals surface area contributed by atoms with Gasteiger partial charge in [-0.3, -0.25) is 0 Å². The summed E-state index contributed by atoms with van der Waals surface area (Å²) in [6, 6.07) is 4.24. The molecule has 3 heterocycles. The maximum Gasteiger partial charge on any atom is 0.238 e. The summed E-state index contributed by atoms with van der Waals surface area (Å²) in [6.45, 7) is 6.89. The van der Waals surface area contributed by atoms with Crippen molar-refractivity contribution in [2.24, 2.45) is 22.7 Å². The number of aromatic amines is 1. The van der Waals surface area contributed by atoms with Crippen LogP contribution in [0.4, 0.5) is 11.8 Å². The van der Waals surface area contributed by atoms with Crippen molar-refractivity contribution in [1.29, 1.82) is 0 Å². The lowest BCUT2D eigenvalue weighted by Gasteiger charge is -2.37. The van der Waals surface area contributed by atoms with Gasteiger partial charge in [0.25, 0.3) is 0 Å². The molecule has 0 radical (unpaired) electrons. The Morgan fingerprint density at radius 1 is 1.33 bits per heavy atom. The minimum atomic E-state index is 0.000644. The molecule has 1 saturated carbocycles. The summed E-state index contributed by atoms with van der Waals surface area (Å²) >= 11 is 0. The first-order valence-electron chi connectivity index (χ1n) is 9.78. The van der Waals surface area contributed by atoms with Gasteiger partial charge in [0.15, 0.2) is 5.82 Å². The number of aromatic nitrogens is 3. The molecule has 0 bridgehead atoms. The molecule has 2 aliphatic rings. The van der Waals surface area contributed by atoms with Gasteiger partial charge in [0, 0.05) is 29.6 Å². The Kier molecular flexibility index (Phi) is 4.72. The predicted molar refractivity (Wildman–Crippen MR) is 109 cm³/mol. The van der Waals surface area contributed by atoms with E-state index in [1.807, 2.05) is 18.2 Å². The number of rotatable bonds is 4. The summed E-state index contributed by atoms with van der Waals surface area (Å²) in [5, 5.41) is 13.9. The largest absolute Gasteiger partial charge is 0.492 e. The second kappa shape index (κ2) is 7.18. The van der Waals surface area contributed by atoms with Crippen LogP contribution in [0.3, 0.4) is 0 Å². The molecule has 0 saturated heterocycles. The maximum absolute atomic E-state index is 10.3. The Hall–Kier alpha value is -2.63. The van der Waals surface area contributed by atoms with Gasteiger partial charge in [-0.2, -0.15) is 4.98 Å². The van der Waals surface area contributed by atoms with Crippen LogP contribution in [0.1, 0.15) is 51.3 Å². The lowest BCUT2D eigenvalue weighted by molar-refractivity contribution is 0.211. The molecule has 0 amide bonds. The van der Waals surface area contributed by atoms with Crippen LogP contribution in [0.15, 0.2) is 23.3 Å². The third-order valence-corrected chi connectivity index (χ3v) is 5.78. The minimum Gasteiger partial charge on any atom is -0.492 e. The van der Waals surface area contributed by atoms with E-state index in [0.717, 1.165) is 17.6 Å². The van der Waals surface area contributed by atoms with Crippen LogP contribution in [-0.4, -0.2) is 32.3 Å². The number of nitrogens with zero attached hydrogens (tertiary/aromatic N) is 3. The molecule has 0 unspecified atom stereocenters. The highest BCUT2D eigenvalue weighted by atomic mass is 16.3. The van der Waals surface area contributed by atoms with Gasteiger partial charge in [-0.05, 0) is 48.8 Å². The van der Waals surface area contributed by atoms with E-state index in [1.54, 1.807) is 12.4 Å². The van der Waals surface area contributed by atoms with Crippen molar-refractivity contribution in [3.63, 3.8) is 0 Å². The molecule has 0 aromatic carbocycles. The van der Waals surface area contributed by atoms with Crippen molar-refractivity contribution in [2.75, 3.05) is 5.32 Å². The quantitative estimate of drug-likeness (QED) is 0.737. The molecule has 1 aliphatic carbocycles. The molecule has 1 fully saturated rings. The highest BCUT2D eigenvalue weighted by Gasteiger charge is 2.31. The zero-order valence-corrected chi connectivity index (χ0v) is 16.1. The Labute approximate surface area is 159 Å². The van der Waals surface area contributed by atoms with Crippen LogP contribution < -0.4 is 5.32 Å². The highest BCUT2D eigenvalue weighted by molar-refractivity contribution is 6.20. The zero-order chi connectivity index (χ0) is 19.0. The van der Waals surface area contributed by atoms with Gasteiger partial charge in [-0.1, -0.05) is 27.2 Å². The van der Waals surface area contributed by atoms with E-state index in [2.05, 4.69) is 46.0 Å². The highest BCUT2D eigenvalue weighted by Crippen LogP contribution is 2.36. The van der Waals surface area contributed by atoms with Gasteiger partial charge in [0.1, 0.15) is 5.69 Å². The van der Waals surface area contributed by atoms with Crippen molar-refractivity contribution in [1.82, 2.24) is 15.0 Å². The normalized spacial score (nSPS) is 25.9. The molecule has 4 rings (SSSR count). The molecular weight excluding hydrogens is 338 g/mol. The Balaban J connectivity index is 1.55. The fraction of sp³-hybridized carbons (Fsp3) is 0.476. The first-order chi connectivity index (χ1) is 13.0. The molecule has 142 valence electrons. The van der Waals surface area contributed by atoms with Crippen molar-refractivity contribution >= 4 is 29.6 Å². The van der Waals surface area contributed by atoms with Gasteiger partial charge < -0.3 is 15.4 Å². The van der Waals surface area contributed by atoms with Crippen LogP contribution in [0.2, 0.25) is 0 Å². The molecule has 27 heavy (non-hydrogen) atoms. The van der Waals surface area contributed by atoms with E-state index < -0.39 is 0 Å². The lowest BCUT2D eigenvalue weighted by Crippen LogP contribution is -2.38. The molecule has 1 aliphatic heterocycles. The number of anilines is 1. The Morgan fingerprint density at radius 3 is 3.00 bits per heavy atom. The molecule has 0 spiro atoms. The Bertz CT molecular complexity index is 882. The summed E-state index contributed by atoms with van der Waals surface area (Å²) in [4.78, 5) is 16.1. The lowest BCUT2D eigenvalue weighted by atomic mass is 9.74. The number of hydrogen-bond acceptors (Lipinski definition) is 5. The summed E-state index contributed by atoms with van der Waals surface area (Å²) in [5.41, 5.74) is 2.46. The topological polar surface area (TPSA) is 86.2 Å². The number of aromatic hydroxyl groups is 1. The van der Waals surface area contributed by atoms with Crippen LogP contribution >= 0.6 is 0 Å². The zero-order valence-electron chi connectivity index (χ0n) is 16.1. The van der Waals surface area contributed by atoms with E-state index in [9.17, 15) is 5.11 Å². The number of nitrogens with one attached hydrogen (secondary N) is 2. The van der Waals surface area contributed by atoms with E-state index in [4.69, 9.17) is 0 Å². The molecule has 2 aromatic rings. The van der Waals surface area contributed by atoms with Crippen LogP contribution in [0, 0.1) is 17.8 Å². The van der Waals surface area contributed by atoms with Gasteiger partial charge in [0.05, 0.1) is 0 Å². The van der Waals surface area contributed by atoms with Gasteiger partial charge >= 0.3 is 0 Å². The predicted octanol–water partition coefficient (Wildman–Crippen LogP) is 4.64. The second-order valence-corrected chi connectivity index (χ2v) is 8.13. The maximum atomic E-state index is 10.3. The summed E-state index contributed by atoms with van der Waals surface area (Å²) in [7, 11) is 0. The number of pyridine rings is 1. The summed E-state index contributed by atoms with van der Waals surface area (Å²) < 4.78 is 0. The van der Waals surface area contributed by atoms with Crippen molar-refractivity contribution in [3.05, 3.63) is 29.6 Å². The molecular formula is C21H27N5O. The fourth-order valence-electron chi connectivity index (χ4n) is 4.29. The van der Waals surface area contributed by atoms with E-state index in [0.29, 0.717) is 41.3 Å². The van der Waals surface area contributed by atoms with Crippen molar-refractivity contribution in [3.8, 4) is 5.88 Å². The smallest absolute Gasteiger partial charge is 0.238 e. The standard InChI is InChI=1S/C21H27N5O/c1-12(2)15-7-6-13(3)9-17(15)24-21-25-18(20(27)26-21)10-14-11-23-19-16(14)5-4-8-22-19/h4-5,8,10-13,15,17,27H,6-7,9H2,1-3H3,(H2,24,25,26)/t13-,15+,17-/m0/s1. The third kappa shape index (κ3) is 3.61. The number of aliphatic imine (C=N–C) groups is 1. The number of imidazole rings is 1. The summed E-state index contributed by atoms with van der Waals surface area (Å²) in [5.74, 6) is 3.29. The molecule has 6 nitrogen and oxygen atoms in total. The third-order valence-electron chi connectivity index (χ3n) is 5.78. The van der Waals surface area contributed by atoms with E-state index in [-0.39, 0.29) is 5.88 Å². The van der Waals surface area contributed by atoms with E-state index >= 15 is 0 Å². The van der Waals surface area contributed by atoms with Crippen LogP contribution in [-0.2, 0) is 0 Å². The first kappa shape index (κ1) is 17.8. The van der Waals surface area contributed by atoms with Gasteiger partial charge in [0.2, 0.25) is 11.8 Å². The molecule has 3 N–H and O–H groups in total. The Morgan fingerprint density at radius 2 is 2.19 bits per heavy atom. The monoisotopic (exact) mass is 365 g/mol. The van der Waals surface area contributed by atoms with Crippen LogP contribution in [0.5, 0.6) is 5.88 Å². The number of allylic oxidation sites excluding steroid dienone is 1. The number of H-pyrrole nitrogens is 1. The average Bonchev–Trinajstić information content (AvgIpc) is 3.19. The minimum absolute atomic E-state index is 0.000644. The number of hydrogen-bond donors (Lipinski definition) is 3. The van der Waals surface area contributed by atoms with Gasteiger partial charge in [-0.15, -0.1) is 0 Å². The SMILES string of the molecule is CC(C)[C@H]1CC[C@H](C)C[C@@H]1Nc1nc(O)c(C=C2C=Nc3ncccc32)[nH]1. The first-order valence-corrected chi connectivity index (χ1v) is 9.78. The second-order valence-electron chi connectivity index (χ2n) is 8.13. The van der Waals surface area contributed by atoms with Gasteiger partial charge in [-0.25, -0.2) is 9.98 Å². The molecule has 3 atom stereocenters.